The van der Waals surface area contributed by atoms with E-state index in [0.29, 0.717) is 0 Å². The molecule has 0 aliphatic carbocycles. The molecule has 0 radical (unpaired) electrons. The number of carbonyl (C=O) groups is 1. The lowest BCUT2D eigenvalue weighted by molar-refractivity contribution is 0.0697. The van der Waals surface area contributed by atoms with Gasteiger partial charge in [-0.1, -0.05) is 18.2 Å². The van der Waals surface area contributed by atoms with E-state index in [9.17, 15) is 4.79 Å². The summed E-state index contributed by atoms with van der Waals surface area (Å²) in [5, 5.41) is 19.2. The molecule has 0 aromatic heterocycles. The van der Waals surface area contributed by atoms with Crippen molar-refractivity contribution in [2.75, 3.05) is 5.32 Å². The molecule has 0 atom stereocenters. The smallest absolute Gasteiger partial charge is 0.335 e. The minimum Gasteiger partial charge on any atom is -0.478 e. The summed E-state index contributed by atoms with van der Waals surface area (Å²) < 4.78 is 0. The lowest BCUT2D eigenvalue weighted by atomic mass is 10.1. The monoisotopic (exact) mass is 240 g/mol. The van der Waals surface area contributed by atoms with E-state index in [-0.39, 0.29) is 5.56 Å². The van der Waals surface area contributed by atoms with Crippen LogP contribution in [-0.2, 0) is 0 Å². The van der Waals surface area contributed by atoms with Crippen LogP contribution in [0.25, 0.3) is 0 Å². The number of carboxylic acid groups (broad SMARTS) is 1. The van der Waals surface area contributed by atoms with Gasteiger partial charge in [0.15, 0.2) is 0 Å². The van der Waals surface area contributed by atoms with E-state index < -0.39 is 5.97 Å². The summed E-state index contributed by atoms with van der Waals surface area (Å²) in [6, 6.07) is 13.9. The number of nitrogens with one attached hydrogen (secondary N) is 2. The molecule has 2 rings (SSSR count). The molecule has 0 aliphatic rings. The van der Waals surface area contributed by atoms with Crippen molar-refractivity contribution >= 4 is 23.6 Å². The van der Waals surface area contributed by atoms with E-state index in [1.54, 1.807) is 12.1 Å². The van der Waals surface area contributed by atoms with Gasteiger partial charge in [0.2, 0.25) is 0 Å². The van der Waals surface area contributed by atoms with Gasteiger partial charge in [0.25, 0.3) is 0 Å². The molecule has 4 nitrogen and oxygen atoms in total. The molecule has 0 aliphatic heterocycles. The SMILES string of the molecule is N=Cc1ccccc1Nc1ccc(C(=O)O)cc1. The summed E-state index contributed by atoms with van der Waals surface area (Å²) >= 11 is 0. The fraction of sp³-hybridized carbons (Fsp3) is 0. The zero-order valence-electron chi connectivity index (χ0n) is 9.55. The molecule has 0 fully saturated rings. The number of anilines is 2. The minimum absolute atomic E-state index is 0.251. The topological polar surface area (TPSA) is 73.2 Å². The van der Waals surface area contributed by atoms with Crippen LogP contribution in [0.4, 0.5) is 11.4 Å². The molecule has 3 N–H and O–H groups in total. The molecule has 4 heteroatoms. The first kappa shape index (κ1) is 11.9. The summed E-state index contributed by atoms with van der Waals surface area (Å²) in [4.78, 5) is 10.7. The summed E-state index contributed by atoms with van der Waals surface area (Å²) in [5.41, 5.74) is 2.63. The van der Waals surface area contributed by atoms with Crippen LogP contribution in [-0.4, -0.2) is 17.3 Å². The molecule has 0 heterocycles. The number of benzene rings is 2. The highest BCUT2D eigenvalue weighted by Gasteiger charge is 2.03. The van der Waals surface area contributed by atoms with Crippen molar-refractivity contribution in [2.45, 2.75) is 0 Å². The molecule has 0 saturated heterocycles. The average molecular weight is 240 g/mol. The Hall–Kier alpha value is -2.62. The maximum atomic E-state index is 10.7. The van der Waals surface area contributed by atoms with E-state index in [2.05, 4.69) is 5.32 Å². The van der Waals surface area contributed by atoms with Crippen molar-refractivity contribution in [3.8, 4) is 0 Å². The number of aromatic carboxylic acids is 1. The van der Waals surface area contributed by atoms with Crippen LogP contribution < -0.4 is 5.32 Å². The summed E-state index contributed by atoms with van der Waals surface area (Å²) in [7, 11) is 0. The number of rotatable bonds is 4. The van der Waals surface area contributed by atoms with Gasteiger partial charge in [-0.05, 0) is 30.3 Å². The summed E-state index contributed by atoms with van der Waals surface area (Å²) in [6.07, 6.45) is 1.27. The lowest BCUT2D eigenvalue weighted by Crippen LogP contribution is -1.98. The van der Waals surface area contributed by atoms with Crippen molar-refractivity contribution in [1.29, 1.82) is 5.41 Å². The van der Waals surface area contributed by atoms with Crippen LogP contribution in [0, 0.1) is 5.41 Å². The van der Waals surface area contributed by atoms with E-state index in [4.69, 9.17) is 10.5 Å². The highest BCUT2D eigenvalue weighted by Crippen LogP contribution is 2.19. The number of para-hydroxylation sites is 1. The van der Waals surface area contributed by atoms with Gasteiger partial charge in [-0.15, -0.1) is 0 Å². The summed E-state index contributed by atoms with van der Waals surface area (Å²) in [5.74, 6) is -0.943. The van der Waals surface area contributed by atoms with Crippen LogP contribution in [0.2, 0.25) is 0 Å². The number of carboxylic acids is 1. The fourth-order valence-electron chi connectivity index (χ4n) is 1.59. The van der Waals surface area contributed by atoms with Crippen LogP contribution >= 0.6 is 0 Å². The Bertz CT molecular complexity index is 577. The normalized spacial score (nSPS) is 9.78. The van der Waals surface area contributed by atoms with Gasteiger partial charge in [0.1, 0.15) is 0 Å². The van der Waals surface area contributed by atoms with Crippen molar-refractivity contribution < 1.29 is 9.90 Å². The van der Waals surface area contributed by atoms with E-state index >= 15 is 0 Å². The number of hydrogen-bond acceptors (Lipinski definition) is 3. The Morgan fingerprint density at radius 1 is 1.11 bits per heavy atom. The van der Waals surface area contributed by atoms with Gasteiger partial charge >= 0.3 is 5.97 Å². The maximum absolute atomic E-state index is 10.7. The van der Waals surface area contributed by atoms with Gasteiger partial charge in [0.05, 0.1) is 5.56 Å². The molecule has 0 saturated carbocycles. The molecule has 2 aromatic rings. The Balaban J connectivity index is 2.23. The molecule has 0 bridgehead atoms. The highest BCUT2D eigenvalue weighted by molar-refractivity contribution is 5.89. The Morgan fingerprint density at radius 3 is 2.39 bits per heavy atom. The molecule has 90 valence electrons. The first-order chi connectivity index (χ1) is 8.70. The Labute approximate surface area is 104 Å². The zero-order chi connectivity index (χ0) is 13.0. The zero-order valence-corrected chi connectivity index (χ0v) is 9.55. The second kappa shape index (κ2) is 5.14. The van der Waals surface area contributed by atoms with Crippen molar-refractivity contribution in [1.82, 2.24) is 0 Å². The molecule has 2 aromatic carbocycles. The average Bonchev–Trinajstić information content (AvgIpc) is 2.40. The van der Waals surface area contributed by atoms with Gasteiger partial charge in [-0.2, -0.15) is 0 Å². The van der Waals surface area contributed by atoms with Crippen molar-refractivity contribution in [2.24, 2.45) is 0 Å². The van der Waals surface area contributed by atoms with Crippen LogP contribution in [0.3, 0.4) is 0 Å². The second-order valence-corrected chi connectivity index (χ2v) is 3.74. The second-order valence-electron chi connectivity index (χ2n) is 3.74. The third kappa shape index (κ3) is 2.55. The Morgan fingerprint density at radius 2 is 1.78 bits per heavy atom. The van der Waals surface area contributed by atoms with Gasteiger partial charge in [-0.3, -0.25) is 0 Å². The van der Waals surface area contributed by atoms with Gasteiger partial charge in [0, 0.05) is 23.2 Å². The Kier molecular flexibility index (Phi) is 3.38. The molecular weight excluding hydrogens is 228 g/mol. The highest BCUT2D eigenvalue weighted by atomic mass is 16.4. The predicted octanol–water partition coefficient (Wildman–Crippen LogP) is 3.13. The van der Waals surface area contributed by atoms with E-state index in [1.165, 1.54) is 18.3 Å². The molecule has 18 heavy (non-hydrogen) atoms. The fourth-order valence-corrected chi connectivity index (χ4v) is 1.59. The van der Waals surface area contributed by atoms with E-state index in [1.807, 2.05) is 24.3 Å². The number of hydrogen-bond donors (Lipinski definition) is 3. The maximum Gasteiger partial charge on any atom is 0.335 e. The molecule has 0 amide bonds. The largest absolute Gasteiger partial charge is 0.478 e. The van der Waals surface area contributed by atoms with Crippen molar-refractivity contribution in [3.63, 3.8) is 0 Å². The quantitative estimate of drug-likeness (QED) is 0.719. The van der Waals surface area contributed by atoms with Crippen LogP contribution in [0.5, 0.6) is 0 Å². The molecule has 0 spiro atoms. The third-order valence-corrected chi connectivity index (χ3v) is 2.53. The van der Waals surface area contributed by atoms with Crippen LogP contribution in [0.1, 0.15) is 15.9 Å². The van der Waals surface area contributed by atoms with Gasteiger partial charge < -0.3 is 15.8 Å². The molecular formula is C14H12N2O2. The molecule has 0 unspecified atom stereocenters. The van der Waals surface area contributed by atoms with Crippen LogP contribution in [0.15, 0.2) is 48.5 Å². The standard InChI is InChI=1S/C14H12N2O2/c15-9-11-3-1-2-4-13(11)16-12-7-5-10(6-8-12)14(17)18/h1-9,15-16H,(H,17,18). The third-order valence-electron chi connectivity index (χ3n) is 2.53. The minimum atomic E-state index is -0.943. The first-order valence-corrected chi connectivity index (χ1v) is 5.40. The van der Waals surface area contributed by atoms with Crippen molar-refractivity contribution in [3.05, 3.63) is 59.7 Å². The van der Waals surface area contributed by atoms with E-state index in [0.717, 1.165) is 16.9 Å². The predicted molar refractivity (Wildman–Crippen MR) is 71.0 cm³/mol. The summed E-state index contributed by atoms with van der Waals surface area (Å²) in [6.45, 7) is 0. The van der Waals surface area contributed by atoms with Gasteiger partial charge in [-0.25, -0.2) is 4.79 Å². The lowest BCUT2D eigenvalue weighted by Gasteiger charge is -2.09. The first-order valence-electron chi connectivity index (χ1n) is 5.40.